The monoisotopic (exact) mass is 326 g/mol. The van der Waals surface area contributed by atoms with Gasteiger partial charge in [-0.25, -0.2) is 0 Å². The lowest BCUT2D eigenvalue weighted by Crippen LogP contribution is -2.57. The van der Waals surface area contributed by atoms with Crippen molar-refractivity contribution in [3.63, 3.8) is 0 Å². The molecule has 0 radical (unpaired) electrons. The number of benzene rings is 1. The minimum absolute atomic E-state index is 0.0674. The Balaban J connectivity index is 1.38. The minimum atomic E-state index is -0.159. The van der Waals surface area contributed by atoms with Crippen molar-refractivity contribution in [2.45, 2.75) is 64.5 Å². The van der Waals surface area contributed by atoms with Gasteiger partial charge in [-0.1, -0.05) is 18.2 Å². The van der Waals surface area contributed by atoms with Crippen LogP contribution in [0.4, 0.5) is 5.69 Å². The van der Waals surface area contributed by atoms with E-state index >= 15 is 0 Å². The molecule has 4 bridgehead atoms. The van der Waals surface area contributed by atoms with Crippen molar-refractivity contribution in [3.05, 3.63) is 30.3 Å². The summed E-state index contributed by atoms with van der Waals surface area (Å²) in [4.78, 5) is 12.5. The normalized spacial score (nSPS) is 36.3. The van der Waals surface area contributed by atoms with E-state index in [1.165, 1.54) is 38.5 Å². The second-order valence-electron chi connectivity index (χ2n) is 8.75. The Morgan fingerprint density at radius 3 is 2.08 bits per heavy atom. The maximum atomic E-state index is 12.5. The zero-order chi connectivity index (χ0) is 16.7. The number of hydrogen-bond donors (Lipinski definition) is 2. The summed E-state index contributed by atoms with van der Waals surface area (Å²) in [5, 5.41) is 6.66. The molecule has 3 heteroatoms. The van der Waals surface area contributed by atoms with Gasteiger partial charge in [0.25, 0.3) is 0 Å². The molecule has 0 spiro atoms. The van der Waals surface area contributed by atoms with Crippen LogP contribution in [0.5, 0.6) is 0 Å². The molecule has 1 aromatic carbocycles. The Hall–Kier alpha value is -1.35. The lowest BCUT2D eigenvalue weighted by atomic mass is 9.48. The molecule has 0 unspecified atom stereocenters. The number of anilines is 1. The quantitative estimate of drug-likeness (QED) is 0.851. The van der Waals surface area contributed by atoms with Crippen LogP contribution in [0.3, 0.4) is 0 Å². The number of rotatable bonds is 5. The van der Waals surface area contributed by atoms with E-state index < -0.39 is 0 Å². The van der Waals surface area contributed by atoms with E-state index in [4.69, 9.17) is 0 Å². The standard InChI is InChI=1S/C21H30N2O/c1-14(20(24)23-19-6-4-3-5-7-19)22-15(2)21-11-16-8-17(12-21)10-18(9-16)13-21/h3-7,14-18,22H,8-13H2,1-2H3,(H,23,24)/t14-,15+,16?,17?,18?,21?/m0/s1. The van der Waals surface area contributed by atoms with Crippen LogP contribution in [0.15, 0.2) is 30.3 Å². The summed E-state index contributed by atoms with van der Waals surface area (Å²) in [6.07, 6.45) is 8.53. The molecule has 2 N–H and O–H groups in total. The zero-order valence-electron chi connectivity index (χ0n) is 14.9. The molecule has 0 saturated heterocycles. The molecule has 4 saturated carbocycles. The molecule has 1 aromatic rings. The SMILES string of the molecule is C[C@H](N[C@H](C)C12CC3CC(CC(C3)C1)C2)C(=O)Nc1ccccc1. The zero-order valence-corrected chi connectivity index (χ0v) is 14.9. The molecule has 130 valence electrons. The van der Waals surface area contributed by atoms with Crippen molar-refractivity contribution < 1.29 is 4.79 Å². The lowest BCUT2D eigenvalue weighted by molar-refractivity contribution is -0.119. The smallest absolute Gasteiger partial charge is 0.241 e. The van der Waals surface area contributed by atoms with E-state index in [-0.39, 0.29) is 11.9 Å². The summed E-state index contributed by atoms with van der Waals surface area (Å²) >= 11 is 0. The fraction of sp³-hybridized carbons (Fsp3) is 0.667. The van der Waals surface area contributed by atoms with Crippen LogP contribution in [0.2, 0.25) is 0 Å². The van der Waals surface area contributed by atoms with Crippen LogP contribution < -0.4 is 10.6 Å². The van der Waals surface area contributed by atoms with Gasteiger partial charge >= 0.3 is 0 Å². The van der Waals surface area contributed by atoms with Gasteiger partial charge in [-0.2, -0.15) is 0 Å². The summed E-state index contributed by atoms with van der Waals surface area (Å²) < 4.78 is 0. The molecular formula is C21H30N2O. The molecule has 4 aliphatic rings. The van der Waals surface area contributed by atoms with Crippen LogP contribution in [0.1, 0.15) is 52.4 Å². The Labute approximate surface area is 145 Å². The van der Waals surface area contributed by atoms with Crippen molar-refractivity contribution in [2.24, 2.45) is 23.2 Å². The van der Waals surface area contributed by atoms with E-state index in [9.17, 15) is 4.79 Å². The molecule has 0 heterocycles. The number of carbonyl (C=O) groups is 1. The molecule has 24 heavy (non-hydrogen) atoms. The van der Waals surface area contributed by atoms with E-state index in [1.807, 2.05) is 37.3 Å². The predicted molar refractivity (Wildman–Crippen MR) is 97.7 cm³/mol. The van der Waals surface area contributed by atoms with Crippen molar-refractivity contribution >= 4 is 11.6 Å². The molecule has 0 aromatic heterocycles. The highest BCUT2D eigenvalue weighted by Gasteiger charge is 2.53. The number of nitrogens with one attached hydrogen (secondary N) is 2. The van der Waals surface area contributed by atoms with Gasteiger partial charge < -0.3 is 10.6 Å². The Morgan fingerprint density at radius 1 is 1.00 bits per heavy atom. The fourth-order valence-electron chi connectivity index (χ4n) is 6.11. The van der Waals surface area contributed by atoms with E-state index in [0.29, 0.717) is 11.5 Å². The molecule has 1 amide bonds. The molecule has 3 nitrogen and oxygen atoms in total. The van der Waals surface area contributed by atoms with Gasteiger partial charge in [0.05, 0.1) is 6.04 Å². The number of hydrogen-bond acceptors (Lipinski definition) is 2. The highest BCUT2D eigenvalue weighted by Crippen LogP contribution is 2.61. The summed E-state index contributed by atoms with van der Waals surface area (Å²) in [5.41, 5.74) is 1.31. The topological polar surface area (TPSA) is 41.1 Å². The molecule has 4 fully saturated rings. The summed E-state index contributed by atoms with van der Waals surface area (Å²) in [6, 6.07) is 10.0. The van der Waals surface area contributed by atoms with Crippen LogP contribution in [-0.2, 0) is 4.79 Å². The van der Waals surface area contributed by atoms with Crippen LogP contribution in [-0.4, -0.2) is 18.0 Å². The molecule has 5 rings (SSSR count). The van der Waals surface area contributed by atoms with Crippen molar-refractivity contribution in [3.8, 4) is 0 Å². The van der Waals surface area contributed by atoms with Gasteiger partial charge in [-0.05, 0) is 87.7 Å². The molecule has 0 aliphatic heterocycles. The second-order valence-corrected chi connectivity index (χ2v) is 8.75. The first-order valence-electron chi connectivity index (χ1n) is 9.66. The van der Waals surface area contributed by atoms with Gasteiger partial charge in [0, 0.05) is 11.7 Å². The summed E-state index contributed by atoms with van der Waals surface area (Å²) in [6.45, 7) is 4.31. The summed E-state index contributed by atoms with van der Waals surface area (Å²) in [7, 11) is 0. The fourth-order valence-corrected chi connectivity index (χ4v) is 6.11. The first kappa shape index (κ1) is 16.1. The minimum Gasteiger partial charge on any atom is -0.325 e. The van der Waals surface area contributed by atoms with Gasteiger partial charge in [-0.15, -0.1) is 0 Å². The molecular weight excluding hydrogens is 296 g/mol. The van der Waals surface area contributed by atoms with Gasteiger partial charge in [0.2, 0.25) is 5.91 Å². The van der Waals surface area contributed by atoms with Crippen molar-refractivity contribution in [1.29, 1.82) is 0 Å². The maximum absolute atomic E-state index is 12.5. The number of para-hydroxylation sites is 1. The largest absolute Gasteiger partial charge is 0.325 e. The number of amides is 1. The average Bonchev–Trinajstić information content (AvgIpc) is 2.54. The molecule has 2 atom stereocenters. The Bertz CT molecular complexity index is 562. The van der Waals surface area contributed by atoms with E-state index in [2.05, 4.69) is 17.6 Å². The van der Waals surface area contributed by atoms with E-state index in [1.54, 1.807) is 0 Å². The first-order chi connectivity index (χ1) is 11.5. The Kier molecular flexibility index (Phi) is 4.16. The third-order valence-electron chi connectivity index (χ3n) is 6.94. The van der Waals surface area contributed by atoms with Crippen molar-refractivity contribution in [1.82, 2.24) is 5.32 Å². The third kappa shape index (κ3) is 2.99. The highest BCUT2D eigenvalue weighted by molar-refractivity contribution is 5.94. The van der Waals surface area contributed by atoms with Gasteiger partial charge in [-0.3, -0.25) is 4.79 Å². The first-order valence-corrected chi connectivity index (χ1v) is 9.66. The maximum Gasteiger partial charge on any atom is 0.241 e. The average molecular weight is 326 g/mol. The third-order valence-corrected chi connectivity index (χ3v) is 6.94. The summed E-state index contributed by atoms with van der Waals surface area (Å²) in [5.74, 6) is 2.93. The van der Waals surface area contributed by atoms with Crippen LogP contribution in [0, 0.1) is 23.2 Å². The molecule has 4 aliphatic carbocycles. The highest BCUT2D eigenvalue weighted by atomic mass is 16.2. The Morgan fingerprint density at radius 2 is 1.54 bits per heavy atom. The van der Waals surface area contributed by atoms with Crippen LogP contribution in [0.25, 0.3) is 0 Å². The van der Waals surface area contributed by atoms with Gasteiger partial charge in [0.15, 0.2) is 0 Å². The van der Waals surface area contributed by atoms with E-state index in [0.717, 1.165) is 23.4 Å². The lowest BCUT2D eigenvalue weighted by Gasteiger charge is -2.59. The van der Waals surface area contributed by atoms with Gasteiger partial charge in [0.1, 0.15) is 0 Å². The van der Waals surface area contributed by atoms with Crippen molar-refractivity contribution in [2.75, 3.05) is 5.32 Å². The second kappa shape index (κ2) is 6.18. The predicted octanol–water partition coefficient (Wildman–Crippen LogP) is 4.21. The van der Waals surface area contributed by atoms with Crippen LogP contribution >= 0.6 is 0 Å². The number of carbonyl (C=O) groups excluding carboxylic acids is 1.